The first-order valence-electron chi connectivity index (χ1n) is 8.24. The lowest BCUT2D eigenvalue weighted by Gasteiger charge is -2.22. The van der Waals surface area contributed by atoms with Crippen molar-refractivity contribution in [3.05, 3.63) is 41.7 Å². The summed E-state index contributed by atoms with van der Waals surface area (Å²) in [6.45, 7) is 4.05. The molecule has 0 aliphatic rings. The van der Waals surface area contributed by atoms with Gasteiger partial charge >= 0.3 is 0 Å². The Morgan fingerprint density at radius 2 is 1.81 bits per heavy atom. The summed E-state index contributed by atoms with van der Waals surface area (Å²) in [6.07, 6.45) is 1.61. The van der Waals surface area contributed by atoms with Crippen molar-refractivity contribution in [2.75, 3.05) is 14.2 Å². The highest BCUT2D eigenvalue weighted by Crippen LogP contribution is 2.22. The predicted molar refractivity (Wildman–Crippen MR) is 96.1 cm³/mol. The molecule has 0 spiro atoms. The van der Waals surface area contributed by atoms with Crippen LogP contribution in [0.25, 0.3) is 0 Å². The Hall–Kier alpha value is -3.03. The molecule has 0 aliphatic carbocycles. The molecule has 0 saturated carbocycles. The van der Waals surface area contributed by atoms with E-state index >= 15 is 0 Å². The second kappa shape index (κ2) is 8.89. The van der Waals surface area contributed by atoms with E-state index in [0.717, 1.165) is 5.69 Å². The number of nitrogens with zero attached hydrogens (tertiary/aromatic N) is 1. The molecular weight excluding hydrogens is 336 g/mol. The summed E-state index contributed by atoms with van der Waals surface area (Å²) in [5, 5.41) is 12.2. The quantitative estimate of drug-likeness (QED) is 0.662. The molecule has 8 heteroatoms. The molecule has 1 aromatic carbocycles. The van der Waals surface area contributed by atoms with E-state index in [2.05, 4.69) is 20.8 Å². The standard InChI is InChI=1S/C18H24N4O4/c1-11(2)16(18(24)19-10-13-5-6-20-22-13)21-17(23)12-7-14(25-3)9-15(8-12)26-4/h5-9,11,16H,10H2,1-4H3,(H,19,24)(H,20,22)(H,21,23)/t16-/m0/s1. The minimum absolute atomic E-state index is 0.0896. The Balaban J connectivity index is 2.08. The van der Waals surface area contributed by atoms with E-state index in [1.807, 2.05) is 13.8 Å². The number of hydrogen-bond donors (Lipinski definition) is 3. The molecule has 8 nitrogen and oxygen atoms in total. The van der Waals surface area contributed by atoms with Gasteiger partial charge in [-0.05, 0) is 24.1 Å². The lowest BCUT2D eigenvalue weighted by molar-refractivity contribution is -0.124. The monoisotopic (exact) mass is 360 g/mol. The fraction of sp³-hybridized carbons (Fsp3) is 0.389. The van der Waals surface area contributed by atoms with Crippen molar-refractivity contribution in [3.63, 3.8) is 0 Å². The molecule has 140 valence electrons. The highest BCUT2D eigenvalue weighted by Gasteiger charge is 2.25. The number of methoxy groups -OCH3 is 2. The van der Waals surface area contributed by atoms with Crippen molar-refractivity contribution >= 4 is 11.8 Å². The zero-order chi connectivity index (χ0) is 19.1. The van der Waals surface area contributed by atoms with Gasteiger partial charge in [-0.15, -0.1) is 0 Å². The largest absolute Gasteiger partial charge is 0.497 e. The molecule has 3 N–H and O–H groups in total. The smallest absolute Gasteiger partial charge is 0.252 e. The number of aromatic nitrogens is 2. The third-order valence-electron chi connectivity index (χ3n) is 3.86. The van der Waals surface area contributed by atoms with E-state index < -0.39 is 6.04 Å². The number of aromatic amines is 1. The van der Waals surface area contributed by atoms with E-state index in [-0.39, 0.29) is 17.7 Å². The fourth-order valence-corrected chi connectivity index (χ4v) is 2.37. The van der Waals surface area contributed by atoms with Gasteiger partial charge in [0.05, 0.1) is 26.5 Å². The van der Waals surface area contributed by atoms with E-state index in [1.54, 1.807) is 30.5 Å². The van der Waals surface area contributed by atoms with Crippen LogP contribution in [0.3, 0.4) is 0 Å². The first kappa shape index (κ1) is 19.3. The average molecular weight is 360 g/mol. The summed E-state index contributed by atoms with van der Waals surface area (Å²) in [6, 6.07) is 5.96. The summed E-state index contributed by atoms with van der Waals surface area (Å²) in [5.74, 6) is 0.266. The second-order valence-electron chi connectivity index (χ2n) is 6.10. The van der Waals surface area contributed by atoms with Crippen molar-refractivity contribution < 1.29 is 19.1 Å². The molecule has 0 saturated heterocycles. The molecule has 26 heavy (non-hydrogen) atoms. The average Bonchev–Trinajstić information content (AvgIpc) is 3.16. The Bertz CT molecular complexity index is 721. The van der Waals surface area contributed by atoms with E-state index in [1.165, 1.54) is 14.2 Å². The zero-order valence-corrected chi connectivity index (χ0v) is 15.3. The number of nitrogens with one attached hydrogen (secondary N) is 3. The zero-order valence-electron chi connectivity index (χ0n) is 15.3. The molecule has 1 atom stereocenters. The lowest BCUT2D eigenvalue weighted by atomic mass is 10.0. The molecule has 0 aliphatic heterocycles. The van der Waals surface area contributed by atoms with Crippen molar-refractivity contribution in [3.8, 4) is 11.5 Å². The minimum atomic E-state index is -0.678. The number of H-pyrrole nitrogens is 1. The Labute approximate surface area is 152 Å². The third kappa shape index (κ3) is 4.98. The summed E-state index contributed by atoms with van der Waals surface area (Å²) in [7, 11) is 3.02. The van der Waals surface area contributed by atoms with Gasteiger partial charge in [0.1, 0.15) is 17.5 Å². The van der Waals surface area contributed by atoms with Gasteiger partial charge in [0.15, 0.2) is 0 Å². The molecule has 1 aromatic heterocycles. The molecule has 0 bridgehead atoms. The van der Waals surface area contributed by atoms with E-state index in [0.29, 0.717) is 23.6 Å². The fourth-order valence-electron chi connectivity index (χ4n) is 2.37. The number of rotatable bonds is 8. The minimum Gasteiger partial charge on any atom is -0.497 e. The molecule has 1 heterocycles. The lowest BCUT2D eigenvalue weighted by Crippen LogP contribution is -2.49. The normalized spacial score (nSPS) is 11.7. The van der Waals surface area contributed by atoms with Gasteiger partial charge in [0.2, 0.25) is 5.91 Å². The molecule has 2 amide bonds. The van der Waals surface area contributed by atoms with Crippen LogP contribution >= 0.6 is 0 Å². The Morgan fingerprint density at radius 3 is 2.31 bits per heavy atom. The third-order valence-corrected chi connectivity index (χ3v) is 3.86. The number of carbonyl (C=O) groups is 2. The SMILES string of the molecule is COc1cc(OC)cc(C(=O)N[C@H](C(=O)NCc2ccn[nH]2)C(C)C)c1. The van der Waals surface area contributed by atoms with Gasteiger partial charge in [-0.25, -0.2) is 0 Å². The summed E-state index contributed by atoms with van der Waals surface area (Å²) < 4.78 is 10.4. The van der Waals surface area contributed by atoms with Gasteiger partial charge in [0.25, 0.3) is 5.91 Å². The van der Waals surface area contributed by atoms with Crippen LogP contribution in [0, 0.1) is 5.92 Å². The van der Waals surface area contributed by atoms with Crippen molar-refractivity contribution in [2.24, 2.45) is 5.92 Å². The van der Waals surface area contributed by atoms with E-state index in [9.17, 15) is 9.59 Å². The number of amides is 2. The van der Waals surface area contributed by atoms with Crippen LogP contribution in [0.15, 0.2) is 30.5 Å². The Kier molecular flexibility index (Phi) is 6.60. The van der Waals surface area contributed by atoms with Crippen LogP contribution in [0.5, 0.6) is 11.5 Å². The van der Waals surface area contributed by atoms with Crippen LogP contribution in [0.4, 0.5) is 0 Å². The van der Waals surface area contributed by atoms with Crippen LogP contribution in [0.2, 0.25) is 0 Å². The summed E-state index contributed by atoms with van der Waals surface area (Å²) >= 11 is 0. The first-order valence-corrected chi connectivity index (χ1v) is 8.24. The van der Waals surface area contributed by atoms with Crippen molar-refractivity contribution in [1.29, 1.82) is 0 Å². The first-order chi connectivity index (χ1) is 12.4. The van der Waals surface area contributed by atoms with E-state index in [4.69, 9.17) is 9.47 Å². The summed E-state index contributed by atoms with van der Waals surface area (Å²) in [5.41, 5.74) is 1.14. The van der Waals surface area contributed by atoms with Crippen LogP contribution in [-0.2, 0) is 11.3 Å². The van der Waals surface area contributed by atoms with Gasteiger partial charge in [-0.2, -0.15) is 5.10 Å². The Morgan fingerprint density at radius 1 is 1.15 bits per heavy atom. The van der Waals surface area contributed by atoms with Crippen molar-refractivity contribution in [1.82, 2.24) is 20.8 Å². The molecular formula is C18H24N4O4. The summed E-state index contributed by atoms with van der Waals surface area (Å²) in [4.78, 5) is 25.1. The predicted octanol–water partition coefficient (Wildman–Crippen LogP) is 1.50. The highest BCUT2D eigenvalue weighted by atomic mass is 16.5. The molecule has 0 unspecified atom stereocenters. The highest BCUT2D eigenvalue weighted by molar-refractivity contribution is 5.98. The van der Waals surface area contributed by atoms with Crippen LogP contribution in [0.1, 0.15) is 29.9 Å². The molecule has 0 fully saturated rings. The van der Waals surface area contributed by atoms with Crippen LogP contribution in [-0.4, -0.2) is 42.3 Å². The van der Waals surface area contributed by atoms with Gasteiger partial charge in [0, 0.05) is 17.8 Å². The second-order valence-corrected chi connectivity index (χ2v) is 6.10. The number of carbonyl (C=O) groups excluding carboxylic acids is 2. The van der Waals surface area contributed by atoms with Gasteiger partial charge < -0.3 is 20.1 Å². The maximum Gasteiger partial charge on any atom is 0.252 e. The molecule has 2 aromatic rings. The maximum atomic E-state index is 12.6. The maximum absolute atomic E-state index is 12.6. The number of benzene rings is 1. The van der Waals surface area contributed by atoms with Gasteiger partial charge in [-0.1, -0.05) is 13.8 Å². The molecule has 2 rings (SSSR count). The number of hydrogen-bond acceptors (Lipinski definition) is 5. The number of ether oxygens (including phenoxy) is 2. The van der Waals surface area contributed by atoms with Gasteiger partial charge in [-0.3, -0.25) is 14.7 Å². The topological polar surface area (TPSA) is 105 Å². The van der Waals surface area contributed by atoms with Crippen LogP contribution < -0.4 is 20.1 Å². The molecule has 0 radical (unpaired) electrons. The van der Waals surface area contributed by atoms with Crippen molar-refractivity contribution in [2.45, 2.75) is 26.4 Å².